The zero-order valence-corrected chi connectivity index (χ0v) is 15.6. The fraction of sp³-hybridized carbons (Fsp3) is 0.0909. The topological polar surface area (TPSA) is 77.0 Å². The van der Waals surface area contributed by atoms with Crippen molar-refractivity contribution >= 4 is 22.8 Å². The fourth-order valence-electron chi connectivity index (χ4n) is 2.91. The van der Waals surface area contributed by atoms with Gasteiger partial charge in [-0.05, 0) is 54.6 Å². The van der Waals surface area contributed by atoms with Crippen LogP contribution in [0.4, 0.5) is 10.2 Å². The number of aromatic nitrogens is 3. The number of rotatable bonds is 5. The highest BCUT2D eigenvalue weighted by molar-refractivity contribution is 5.94. The average Bonchev–Trinajstić information content (AvgIpc) is 2.77. The Balaban J connectivity index is 1.79. The van der Waals surface area contributed by atoms with Gasteiger partial charge in [0.15, 0.2) is 5.82 Å². The van der Waals surface area contributed by atoms with E-state index in [-0.39, 0.29) is 5.82 Å². The lowest BCUT2D eigenvalue weighted by Crippen LogP contribution is -2.07. The minimum atomic E-state index is -0.445. The number of carbonyl (C=O) groups excluding carboxylic acids is 1. The number of nitrogens with one attached hydrogen (secondary N) is 1. The van der Waals surface area contributed by atoms with Gasteiger partial charge in [0.25, 0.3) is 0 Å². The Labute approximate surface area is 166 Å². The zero-order valence-electron chi connectivity index (χ0n) is 15.6. The summed E-state index contributed by atoms with van der Waals surface area (Å²) in [6, 6.07) is 16.7. The highest BCUT2D eigenvalue weighted by atomic mass is 19.1. The number of methoxy groups -OCH3 is 1. The molecule has 7 heteroatoms. The summed E-state index contributed by atoms with van der Waals surface area (Å²) in [4.78, 5) is 25.5. The normalized spacial score (nSPS) is 10.7. The van der Waals surface area contributed by atoms with Crippen molar-refractivity contribution in [2.45, 2.75) is 6.54 Å². The summed E-state index contributed by atoms with van der Waals surface area (Å²) in [5.41, 5.74) is 3.69. The van der Waals surface area contributed by atoms with Crippen LogP contribution in [0, 0.1) is 5.82 Å². The van der Waals surface area contributed by atoms with E-state index in [4.69, 9.17) is 9.72 Å². The van der Waals surface area contributed by atoms with Crippen molar-refractivity contribution in [3.8, 4) is 11.3 Å². The summed E-state index contributed by atoms with van der Waals surface area (Å²) in [7, 11) is 1.33. The summed E-state index contributed by atoms with van der Waals surface area (Å²) in [6.07, 6.45) is 1.71. The quantitative estimate of drug-likeness (QED) is 0.516. The van der Waals surface area contributed by atoms with E-state index >= 15 is 0 Å². The number of carbonyl (C=O) groups is 1. The van der Waals surface area contributed by atoms with Gasteiger partial charge in [0.05, 0.1) is 35.9 Å². The second kappa shape index (κ2) is 8.02. The van der Waals surface area contributed by atoms with Crippen molar-refractivity contribution in [3.63, 3.8) is 0 Å². The second-order valence-electron chi connectivity index (χ2n) is 6.30. The largest absolute Gasteiger partial charge is 0.465 e. The maximum absolute atomic E-state index is 13.4. The molecule has 0 atom stereocenters. The first-order chi connectivity index (χ1) is 14.1. The third-order valence-electron chi connectivity index (χ3n) is 4.37. The van der Waals surface area contributed by atoms with E-state index in [1.807, 2.05) is 18.2 Å². The van der Waals surface area contributed by atoms with Crippen molar-refractivity contribution in [3.05, 3.63) is 83.9 Å². The number of halogens is 1. The molecule has 2 aromatic heterocycles. The lowest BCUT2D eigenvalue weighted by atomic mass is 10.1. The molecule has 2 heterocycles. The second-order valence-corrected chi connectivity index (χ2v) is 6.30. The molecule has 2 aromatic carbocycles. The van der Waals surface area contributed by atoms with Gasteiger partial charge in [0, 0.05) is 11.8 Å². The first kappa shape index (κ1) is 18.5. The van der Waals surface area contributed by atoms with Crippen LogP contribution in [-0.4, -0.2) is 28.0 Å². The zero-order chi connectivity index (χ0) is 20.2. The molecule has 0 aliphatic carbocycles. The summed E-state index contributed by atoms with van der Waals surface area (Å²) >= 11 is 0. The molecule has 0 saturated carbocycles. The molecular weight excluding hydrogens is 371 g/mol. The van der Waals surface area contributed by atoms with Gasteiger partial charge in [-0.25, -0.2) is 19.2 Å². The predicted octanol–water partition coefficient (Wildman–Crippen LogP) is 4.23. The Morgan fingerprint density at radius 3 is 2.59 bits per heavy atom. The van der Waals surface area contributed by atoms with Gasteiger partial charge >= 0.3 is 5.97 Å². The fourth-order valence-corrected chi connectivity index (χ4v) is 2.91. The van der Waals surface area contributed by atoms with Gasteiger partial charge in [-0.1, -0.05) is 6.07 Å². The summed E-state index contributed by atoms with van der Waals surface area (Å²) in [5.74, 6) is -0.260. The van der Waals surface area contributed by atoms with Crippen LogP contribution in [0.2, 0.25) is 0 Å². The molecule has 6 nitrogen and oxygen atoms in total. The molecule has 4 rings (SSSR count). The number of anilines is 1. The van der Waals surface area contributed by atoms with Crippen LogP contribution in [0.1, 0.15) is 16.1 Å². The molecule has 0 fully saturated rings. The minimum absolute atomic E-state index is 0.326. The molecule has 144 valence electrons. The molecule has 1 N–H and O–H groups in total. The van der Waals surface area contributed by atoms with Crippen LogP contribution < -0.4 is 5.32 Å². The molecule has 4 aromatic rings. The molecule has 0 unspecified atom stereocenters. The van der Waals surface area contributed by atoms with Crippen molar-refractivity contribution in [1.82, 2.24) is 15.0 Å². The standard InChI is InChI=1S/C22H17FN4O2/c1-29-22(28)15-7-10-18-19(12-15)27-21(25-13-17-4-2-3-11-24-17)20(26-18)14-5-8-16(23)9-6-14/h2-12H,13H2,1H3,(H,25,27). The van der Waals surface area contributed by atoms with E-state index in [9.17, 15) is 9.18 Å². The van der Waals surface area contributed by atoms with Crippen LogP contribution >= 0.6 is 0 Å². The van der Waals surface area contributed by atoms with Gasteiger partial charge in [0.2, 0.25) is 0 Å². The van der Waals surface area contributed by atoms with Gasteiger partial charge in [-0.3, -0.25) is 4.98 Å². The van der Waals surface area contributed by atoms with Crippen LogP contribution in [-0.2, 0) is 11.3 Å². The summed E-state index contributed by atoms with van der Waals surface area (Å²) in [6.45, 7) is 0.436. The number of fused-ring (bicyclic) bond motifs is 1. The highest BCUT2D eigenvalue weighted by Crippen LogP contribution is 2.28. The van der Waals surface area contributed by atoms with E-state index < -0.39 is 5.97 Å². The molecule has 0 amide bonds. The first-order valence-electron chi connectivity index (χ1n) is 8.94. The van der Waals surface area contributed by atoms with Gasteiger partial charge in [-0.2, -0.15) is 0 Å². The van der Waals surface area contributed by atoms with E-state index in [1.165, 1.54) is 19.2 Å². The Hall–Kier alpha value is -3.87. The maximum atomic E-state index is 13.4. The number of nitrogens with zero attached hydrogens (tertiary/aromatic N) is 3. The summed E-state index contributed by atoms with van der Waals surface area (Å²) in [5, 5.41) is 3.25. The molecule has 0 aliphatic rings. The maximum Gasteiger partial charge on any atom is 0.337 e. The van der Waals surface area contributed by atoms with E-state index in [1.54, 1.807) is 36.5 Å². The number of benzene rings is 2. The van der Waals surface area contributed by atoms with E-state index in [2.05, 4.69) is 15.3 Å². The minimum Gasteiger partial charge on any atom is -0.465 e. The highest BCUT2D eigenvalue weighted by Gasteiger charge is 2.14. The number of hydrogen-bond donors (Lipinski definition) is 1. The Kier molecular flexibility index (Phi) is 5.11. The van der Waals surface area contributed by atoms with Crippen molar-refractivity contribution < 1.29 is 13.9 Å². The molecule has 0 bridgehead atoms. The number of esters is 1. The monoisotopic (exact) mass is 388 g/mol. The van der Waals surface area contributed by atoms with Gasteiger partial charge < -0.3 is 10.1 Å². The SMILES string of the molecule is COC(=O)c1ccc2nc(-c3ccc(F)cc3)c(NCc3ccccn3)nc2c1. The van der Waals surface area contributed by atoms with Gasteiger partial charge in [-0.15, -0.1) is 0 Å². The summed E-state index contributed by atoms with van der Waals surface area (Å²) < 4.78 is 18.2. The van der Waals surface area contributed by atoms with Crippen LogP contribution in [0.25, 0.3) is 22.3 Å². The third-order valence-corrected chi connectivity index (χ3v) is 4.37. The lowest BCUT2D eigenvalue weighted by Gasteiger charge is -2.12. The van der Waals surface area contributed by atoms with Crippen LogP contribution in [0.15, 0.2) is 66.9 Å². The molecular formula is C22H17FN4O2. The molecule has 0 saturated heterocycles. The number of hydrogen-bond acceptors (Lipinski definition) is 6. The molecule has 0 radical (unpaired) electrons. The molecule has 0 spiro atoms. The van der Waals surface area contributed by atoms with Crippen molar-refractivity contribution in [1.29, 1.82) is 0 Å². The van der Waals surface area contributed by atoms with Crippen LogP contribution in [0.3, 0.4) is 0 Å². The Bertz CT molecular complexity index is 1160. The molecule has 29 heavy (non-hydrogen) atoms. The van der Waals surface area contributed by atoms with Gasteiger partial charge in [0.1, 0.15) is 11.5 Å². The Morgan fingerprint density at radius 2 is 1.86 bits per heavy atom. The first-order valence-corrected chi connectivity index (χ1v) is 8.94. The number of ether oxygens (including phenoxy) is 1. The third kappa shape index (κ3) is 4.03. The van der Waals surface area contributed by atoms with Crippen molar-refractivity contribution in [2.75, 3.05) is 12.4 Å². The van der Waals surface area contributed by atoms with E-state index in [0.717, 1.165) is 11.3 Å². The average molecular weight is 388 g/mol. The molecule has 0 aliphatic heterocycles. The van der Waals surface area contributed by atoms with E-state index in [0.29, 0.717) is 34.7 Å². The number of pyridine rings is 1. The van der Waals surface area contributed by atoms with Crippen LogP contribution in [0.5, 0.6) is 0 Å². The Morgan fingerprint density at radius 1 is 1.03 bits per heavy atom. The smallest absolute Gasteiger partial charge is 0.337 e. The van der Waals surface area contributed by atoms with Crippen molar-refractivity contribution in [2.24, 2.45) is 0 Å². The predicted molar refractivity (Wildman–Crippen MR) is 108 cm³/mol. The lowest BCUT2D eigenvalue weighted by molar-refractivity contribution is 0.0601.